The molecule has 6 nitrogen and oxygen atoms in total. The van der Waals surface area contributed by atoms with E-state index >= 15 is 0 Å². The summed E-state index contributed by atoms with van der Waals surface area (Å²) in [6.45, 7) is 9.78. The summed E-state index contributed by atoms with van der Waals surface area (Å²) in [5.74, 6) is -0.954. The van der Waals surface area contributed by atoms with Crippen molar-refractivity contribution >= 4 is 23.2 Å². The standard InChI is InChI=1S/C24H30ClFN4O2/c1-15(2)28-13-18(17-4-5-19(25)20(26)12-17)24(31)30-10-8-29(9-11-30)22-6-7-27-21-14-32-16(3)23(21)22/h4-7,12,15-16,18,28H,8-11,13-14H2,1-3H3/t16-,18?/m0/s1. The van der Waals surface area contributed by atoms with E-state index in [1.165, 1.54) is 12.1 Å². The summed E-state index contributed by atoms with van der Waals surface area (Å²) in [4.78, 5) is 22.1. The Bertz CT molecular complexity index is 978. The molecular weight excluding hydrogens is 431 g/mol. The predicted molar refractivity (Wildman–Crippen MR) is 124 cm³/mol. The third-order valence-electron chi connectivity index (χ3n) is 6.23. The maximum Gasteiger partial charge on any atom is 0.231 e. The Kier molecular flexibility index (Phi) is 6.98. The summed E-state index contributed by atoms with van der Waals surface area (Å²) in [6, 6.07) is 6.90. The molecule has 4 rings (SSSR count). The van der Waals surface area contributed by atoms with Crippen LogP contribution < -0.4 is 10.2 Å². The number of fused-ring (bicyclic) bond motifs is 1. The highest BCUT2D eigenvalue weighted by Crippen LogP contribution is 2.37. The molecule has 0 radical (unpaired) electrons. The van der Waals surface area contributed by atoms with Crippen molar-refractivity contribution in [2.24, 2.45) is 0 Å². The van der Waals surface area contributed by atoms with Crippen LogP contribution in [0.1, 0.15) is 49.6 Å². The number of nitrogens with one attached hydrogen (secondary N) is 1. The van der Waals surface area contributed by atoms with Crippen molar-refractivity contribution in [3.8, 4) is 0 Å². The minimum atomic E-state index is -0.501. The maximum absolute atomic E-state index is 14.1. The van der Waals surface area contributed by atoms with Crippen molar-refractivity contribution in [3.63, 3.8) is 0 Å². The van der Waals surface area contributed by atoms with Crippen molar-refractivity contribution in [1.29, 1.82) is 0 Å². The van der Waals surface area contributed by atoms with Gasteiger partial charge in [0.05, 0.1) is 29.3 Å². The van der Waals surface area contributed by atoms with E-state index < -0.39 is 11.7 Å². The highest BCUT2D eigenvalue weighted by atomic mass is 35.5. The smallest absolute Gasteiger partial charge is 0.231 e. The molecule has 32 heavy (non-hydrogen) atoms. The minimum absolute atomic E-state index is 0.0104. The monoisotopic (exact) mass is 460 g/mol. The molecule has 1 amide bonds. The Morgan fingerprint density at radius 3 is 2.72 bits per heavy atom. The number of amides is 1. The summed E-state index contributed by atoms with van der Waals surface area (Å²) in [5, 5.41) is 3.40. The van der Waals surface area contributed by atoms with Crippen LogP contribution in [0.4, 0.5) is 10.1 Å². The van der Waals surface area contributed by atoms with E-state index in [1.807, 2.05) is 37.9 Å². The molecule has 2 aliphatic heterocycles. The summed E-state index contributed by atoms with van der Waals surface area (Å²) in [6.07, 6.45) is 1.86. The van der Waals surface area contributed by atoms with Gasteiger partial charge in [-0.3, -0.25) is 9.78 Å². The van der Waals surface area contributed by atoms with E-state index in [1.54, 1.807) is 6.07 Å². The van der Waals surface area contributed by atoms with Gasteiger partial charge in [-0.25, -0.2) is 4.39 Å². The molecular formula is C24H30ClFN4O2. The van der Waals surface area contributed by atoms with Gasteiger partial charge in [0.1, 0.15) is 5.82 Å². The molecule has 3 heterocycles. The van der Waals surface area contributed by atoms with E-state index in [0.29, 0.717) is 31.8 Å². The molecule has 2 aliphatic rings. The Balaban J connectivity index is 1.48. The zero-order valence-electron chi connectivity index (χ0n) is 18.8. The zero-order chi connectivity index (χ0) is 22.8. The topological polar surface area (TPSA) is 57.7 Å². The molecule has 1 aromatic carbocycles. The number of carbonyl (C=O) groups excluding carboxylic acids is 1. The van der Waals surface area contributed by atoms with E-state index in [2.05, 4.69) is 15.2 Å². The van der Waals surface area contributed by atoms with Gasteiger partial charge in [0.15, 0.2) is 0 Å². The van der Waals surface area contributed by atoms with Crippen molar-refractivity contribution in [3.05, 3.63) is 58.1 Å². The number of hydrogen-bond acceptors (Lipinski definition) is 5. The molecule has 0 aliphatic carbocycles. The fourth-order valence-electron chi connectivity index (χ4n) is 4.44. The molecule has 1 N–H and O–H groups in total. The number of hydrogen-bond donors (Lipinski definition) is 1. The van der Waals surface area contributed by atoms with Gasteiger partial charge in [-0.2, -0.15) is 0 Å². The second kappa shape index (κ2) is 9.73. The number of halogens is 2. The number of nitrogens with zero attached hydrogens (tertiary/aromatic N) is 3. The Hall–Kier alpha value is -2.22. The molecule has 2 atom stereocenters. The first-order valence-corrected chi connectivity index (χ1v) is 11.5. The van der Waals surface area contributed by atoms with Gasteiger partial charge in [-0.1, -0.05) is 31.5 Å². The molecule has 1 fully saturated rings. The quantitative estimate of drug-likeness (QED) is 0.708. The van der Waals surface area contributed by atoms with Crippen LogP contribution >= 0.6 is 11.6 Å². The molecule has 2 aromatic rings. The van der Waals surface area contributed by atoms with Gasteiger partial charge in [-0.05, 0) is 30.7 Å². The van der Waals surface area contributed by atoms with Gasteiger partial charge in [0.2, 0.25) is 5.91 Å². The highest BCUT2D eigenvalue weighted by molar-refractivity contribution is 6.30. The number of ether oxygens (including phenoxy) is 1. The maximum atomic E-state index is 14.1. The average Bonchev–Trinajstić information content (AvgIpc) is 3.17. The first kappa shape index (κ1) is 23.0. The van der Waals surface area contributed by atoms with Crippen LogP contribution in [0.2, 0.25) is 5.02 Å². The van der Waals surface area contributed by atoms with Crippen molar-refractivity contribution < 1.29 is 13.9 Å². The van der Waals surface area contributed by atoms with E-state index in [9.17, 15) is 9.18 Å². The molecule has 0 spiro atoms. The zero-order valence-corrected chi connectivity index (χ0v) is 19.5. The van der Waals surface area contributed by atoms with Crippen molar-refractivity contribution in [2.45, 2.75) is 45.4 Å². The average molecular weight is 461 g/mol. The molecule has 172 valence electrons. The Morgan fingerprint density at radius 1 is 1.28 bits per heavy atom. The van der Waals surface area contributed by atoms with Gasteiger partial charge >= 0.3 is 0 Å². The fraction of sp³-hybridized carbons (Fsp3) is 0.500. The van der Waals surface area contributed by atoms with Crippen LogP contribution in [0.25, 0.3) is 0 Å². The molecule has 1 aromatic heterocycles. The second-order valence-electron chi connectivity index (χ2n) is 8.75. The largest absolute Gasteiger partial charge is 0.368 e. The van der Waals surface area contributed by atoms with E-state index in [4.69, 9.17) is 16.3 Å². The van der Waals surface area contributed by atoms with Crippen LogP contribution in [0.3, 0.4) is 0 Å². The van der Waals surface area contributed by atoms with Crippen LogP contribution in [-0.2, 0) is 16.1 Å². The Morgan fingerprint density at radius 2 is 2.03 bits per heavy atom. The molecule has 0 saturated carbocycles. The Labute approximate surface area is 193 Å². The molecule has 0 bridgehead atoms. The first-order valence-electron chi connectivity index (χ1n) is 11.2. The van der Waals surface area contributed by atoms with Gasteiger partial charge in [0.25, 0.3) is 0 Å². The van der Waals surface area contributed by atoms with Gasteiger partial charge in [0, 0.05) is 56.2 Å². The number of rotatable bonds is 6. The van der Waals surface area contributed by atoms with Crippen LogP contribution in [-0.4, -0.2) is 54.6 Å². The summed E-state index contributed by atoms with van der Waals surface area (Å²) >= 11 is 5.86. The normalized spacial score (nSPS) is 19.4. The van der Waals surface area contributed by atoms with E-state index in [0.717, 1.165) is 30.0 Å². The summed E-state index contributed by atoms with van der Waals surface area (Å²) in [7, 11) is 0. The number of anilines is 1. The lowest BCUT2D eigenvalue weighted by molar-refractivity contribution is -0.133. The SMILES string of the molecule is CC(C)NCC(C(=O)N1CCN(c2ccnc3c2[C@H](C)OC3)CC1)c1ccc(Cl)c(F)c1. The fourth-order valence-corrected chi connectivity index (χ4v) is 4.56. The van der Waals surface area contributed by atoms with E-state index in [-0.39, 0.29) is 23.1 Å². The molecule has 8 heteroatoms. The predicted octanol–water partition coefficient (Wildman–Crippen LogP) is 3.90. The number of pyridine rings is 1. The lowest BCUT2D eigenvalue weighted by Crippen LogP contribution is -2.51. The van der Waals surface area contributed by atoms with Gasteiger partial charge < -0.3 is 19.9 Å². The lowest BCUT2D eigenvalue weighted by Gasteiger charge is -2.38. The third-order valence-corrected chi connectivity index (χ3v) is 6.54. The van der Waals surface area contributed by atoms with Crippen LogP contribution in [0.15, 0.2) is 30.5 Å². The van der Waals surface area contributed by atoms with Crippen molar-refractivity contribution in [1.82, 2.24) is 15.2 Å². The number of aromatic nitrogens is 1. The van der Waals surface area contributed by atoms with Crippen LogP contribution in [0, 0.1) is 5.82 Å². The number of piperazine rings is 1. The molecule has 1 saturated heterocycles. The van der Waals surface area contributed by atoms with Crippen molar-refractivity contribution in [2.75, 3.05) is 37.6 Å². The van der Waals surface area contributed by atoms with Gasteiger partial charge in [-0.15, -0.1) is 0 Å². The summed E-state index contributed by atoms with van der Waals surface area (Å²) < 4.78 is 19.9. The highest BCUT2D eigenvalue weighted by Gasteiger charge is 2.32. The minimum Gasteiger partial charge on any atom is -0.368 e. The molecule has 1 unspecified atom stereocenters. The second-order valence-corrected chi connectivity index (χ2v) is 9.15. The number of benzene rings is 1. The lowest BCUT2D eigenvalue weighted by atomic mass is 9.96. The first-order chi connectivity index (χ1) is 15.3. The summed E-state index contributed by atoms with van der Waals surface area (Å²) in [5.41, 5.74) is 3.94. The third kappa shape index (κ3) is 4.75. The number of carbonyl (C=O) groups is 1. The van der Waals surface area contributed by atoms with Crippen LogP contribution in [0.5, 0.6) is 0 Å².